The zero-order valence-corrected chi connectivity index (χ0v) is 14.0. The van der Waals surface area contributed by atoms with E-state index in [1.54, 1.807) is 0 Å². The molecule has 0 saturated heterocycles. The van der Waals surface area contributed by atoms with Gasteiger partial charge in [0, 0.05) is 37.1 Å². The Morgan fingerprint density at radius 3 is 2.21 bits per heavy atom. The van der Waals surface area contributed by atoms with Gasteiger partial charge < -0.3 is 10.2 Å². The van der Waals surface area contributed by atoms with Gasteiger partial charge in [0.25, 0.3) is 0 Å². The van der Waals surface area contributed by atoms with Crippen LogP contribution in [0.2, 0.25) is 0 Å². The first-order valence-electron chi connectivity index (χ1n) is 7.48. The SMILES string of the molecule is CC(C)CN(CCNC(C)c1cccs1)CC(C)C. The largest absolute Gasteiger partial charge is 0.308 e. The summed E-state index contributed by atoms with van der Waals surface area (Å²) in [4.78, 5) is 4.02. The summed E-state index contributed by atoms with van der Waals surface area (Å²) in [7, 11) is 0. The van der Waals surface area contributed by atoms with E-state index in [1.807, 2.05) is 11.3 Å². The van der Waals surface area contributed by atoms with Gasteiger partial charge in [-0.3, -0.25) is 0 Å². The van der Waals surface area contributed by atoms with Crippen molar-refractivity contribution in [3.05, 3.63) is 22.4 Å². The van der Waals surface area contributed by atoms with Gasteiger partial charge in [-0.15, -0.1) is 11.3 Å². The van der Waals surface area contributed by atoms with Crippen molar-refractivity contribution in [3.63, 3.8) is 0 Å². The zero-order chi connectivity index (χ0) is 14.3. The molecule has 1 aromatic heterocycles. The standard InChI is InChI=1S/C16H30N2S/c1-13(2)11-18(12-14(3)4)9-8-17-15(5)16-7-6-10-19-16/h6-7,10,13-15,17H,8-9,11-12H2,1-5H3. The van der Waals surface area contributed by atoms with E-state index in [1.165, 1.54) is 18.0 Å². The second-order valence-electron chi connectivity index (χ2n) is 6.24. The second-order valence-corrected chi connectivity index (χ2v) is 7.22. The van der Waals surface area contributed by atoms with Gasteiger partial charge in [0.2, 0.25) is 0 Å². The van der Waals surface area contributed by atoms with Gasteiger partial charge in [-0.05, 0) is 30.2 Å². The molecule has 19 heavy (non-hydrogen) atoms. The number of thiophene rings is 1. The molecule has 0 aliphatic heterocycles. The van der Waals surface area contributed by atoms with Crippen molar-refractivity contribution in [1.82, 2.24) is 10.2 Å². The third-order valence-electron chi connectivity index (χ3n) is 3.10. The summed E-state index contributed by atoms with van der Waals surface area (Å²) in [6.45, 7) is 16.1. The third kappa shape index (κ3) is 7.09. The van der Waals surface area contributed by atoms with Crippen molar-refractivity contribution in [2.75, 3.05) is 26.2 Å². The van der Waals surface area contributed by atoms with Crippen molar-refractivity contribution in [3.8, 4) is 0 Å². The first-order chi connectivity index (χ1) is 8.99. The Morgan fingerprint density at radius 2 is 1.74 bits per heavy atom. The Bertz CT molecular complexity index is 309. The summed E-state index contributed by atoms with van der Waals surface area (Å²) in [5.41, 5.74) is 0. The van der Waals surface area contributed by atoms with E-state index >= 15 is 0 Å². The normalized spacial score (nSPS) is 13.7. The van der Waals surface area contributed by atoms with E-state index in [0.29, 0.717) is 6.04 Å². The molecule has 110 valence electrons. The molecule has 0 fully saturated rings. The lowest BCUT2D eigenvalue weighted by atomic mass is 10.1. The van der Waals surface area contributed by atoms with Crippen LogP contribution in [0.4, 0.5) is 0 Å². The van der Waals surface area contributed by atoms with E-state index in [2.05, 4.69) is 62.3 Å². The smallest absolute Gasteiger partial charge is 0.0386 e. The molecule has 1 heterocycles. The van der Waals surface area contributed by atoms with Gasteiger partial charge in [0.15, 0.2) is 0 Å². The zero-order valence-electron chi connectivity index (χ0n) is 13.1. The fraction of sp³-hybridized carbons (Fsp3) is 0.750. The van der Waals surface area contributed by atoms with Crippen molar-refractivity contribution in [2.45, 2.75) is 40.7 Å². The number of nitrogens with one attached hydrogen (secondary N) is 1. The van der Waals surface area contributed by atoms with E-state index in [-0.39, 0.29) is 0 Å². The Balaban J connectivity index is 2.30. The first-order valence-corrected chi connectivity index (χ1v) is 8.36. The quantitative estimate of drug-likeness (QED) is 0.736. The molecule has 1 N–H and O–H groups in total. The number of hydrogen-bond acceptors (Lipinski definition) is 3. The minimum Gasteiger partial charge on any atom is -0.308 e. The topological polar surface area (TPSA) is 15.3 Å². The molecule has 0 amide bonds. The van der Waals surface area contributed by atoms with Crippen molar-refractivity contribution < 1.29 is 0 Å². The van der Waals surface area contributed by atoms with Crippen LogP contribution >= 0.6 is 11.3 Å². The highest BCUT2D eigenvalue weighted by Gasteiger charge is 2.10. The predicted octanol–water partition coefficient (Wildman–Crippen LogP) is 4.01. The lowest BCUT2D eigenvalue weighted by molar-refractivity contribution is 0.218. The van der Waals surface area contributed by atoms with Gasteiger partial charge in [-0.2, -0.15) is 0 Å². The molecular weight excluding hydrogens is 252 g/mol. The fourth-order valence-corrected chi connectivity index (χ4v) is 3.13. The molecule has 3 heteroatoms. The lowest BCUT2D eigenvalue weighted by Crippen LogP contribution is -2.37. The molecule has 0 aromatic carbocycles. The van der Waals surface area contributed by atoms with Crippen LogP contribution in [0.25, 0.3) is 0 Å². The average molecular weight is 282 g/mol. The van der Waals surface area contributed by atoms with Crippen LogP contribution < -0.4 is 5.32 Å². The summed E-state index contributed by atoms with van der Waals surface area (Å²) < 4.78 is 0. The molecule has 2 nitrogen and oxygen atoms in total. The van der Waals surface area contributed by atoms with Gasteiger partial charge in [-0.25, -0.2) is 0 Å². The Morgan fingerprint density at radius 1 is 1.11 bits per heavy atom. The highest BCUT2D eigenvalue weighted by Crippen LogP contribution is 2.17. The predicted molar refractivity (Wildman–Crippen MR) is 86.9 cm³/mol. The van der Waals surface area contributed by atoms with E-state index < -0.39 is 0 Å². The maximum Gasteiger partial charge on any atom is 0.0386 e. The Kier molecular flexibility index (Phi) is 7.66. The molecule has 0 radical (unpaired) electrons. The van der Waals surface area contributed by atoms with E-state index in [0.717, 1.165) is 24.9 Å². The molecule has 0 spiro atoms. The van der Waals surface area contributed by atoms with Crippen molar-refractivity contribution in [2.24, 2.45) is 11.8 Å². The van der Waals surface area contributed by atoms with Gasteiger partial charge in [-0.1, -0.05) is 33.8 Å². The van der Waals surface area contributed by atoms with Crippen molar-refractivity contribution in [1.29, 1.82) is 0 Å². The molecule has 0 saturated carbocycles. The maximum atomic E-state index is 3.63. The van der Waals surface area contributed by atoms with E-state index in [4.69, 9.17) is 0 Å². The van der Waals surface area contributed by atoms with Crippen LogP contribution in [0.5, 0.6) is 0 Å². The number of rotatable bonds is 9. The molecule has 0 bridgehead atoms. The van der Waals surface area contributed by atoms with Crippen LogP contribution in [-0.2, 0) is 0 Å². The second kappa shape index (κ2) is 8.72. The monoisotopic (exact) mass is 282 g/mol. The van der Waals surface area contributed by atoms with Gasteiger partial charge >= 0.3 is 0 Å². The number of nitrogens with zero attached hydrogens (tertiary/aromatic N) is 1. The van der Waals surface area contributed by atoms with Crippen LogP contribution in [0.15, 0.2) is 17.5 Å². The van der Waals surface area contributed by atoms with Gasteiger partial charge in [0.1, 0.15) is 0 Å². The molecule has 0 aliphatic rings. The van der Waals surface area contributed by atoms with Crippen LogP contribution in [0.3, 0.4) is 0 Å². The maximum absolute atomic E-state index is 3.63. The minimum atomic E-state index is 0.472. The molecule has 1 rings (SSSR count). The molecule has 1 unspecified atom stereocenters. The Hall–Kier alpha value is -0.380. The molecule has 1 aromatic rings. The molecular formula is C16H30N2S. The summed E-state index contributed by atoms with van der Waals surface area (Å²) in [6.07, 6.45) is 0. The van der Waals surface area contributed by atoms with Gasteiger partial charge in [0.05, 0.1) is 0 Å². The lowest BCUT2D eigenvalue weighted by Gasteiger charge is -2.26. The molecule has 0 aliphatic carbocycles. The Labute approximate surface area is 123 Å². The summed E-state index contributed by atoms with van der Waals surface area (Å²) in [5.74, 6) is 1.49. The summed E-state index contributed by atoms with van der Waals surface area (Å²) >= 11 is 1.84. The highest BCUT2D eigenvalue weighted by molar-refractivity contribution is 7.10. The minimum absolute atomic E-state index is 0.472. The van der Waals surface area contributed by atoms with Crippen LogP contribution in [-0.4, -0.2) is 31.1 Å². The molecule has 1 atom stereocenters. The average Bonchev–Trinajstić information content (AvgIpc) is 2.80. The van der Waals surface area contributed by atoms with Crippen molar-refractivity contribution >= 4 is 11.3 Å². The summed E-state index contributed by atoms with van der Waals surface area (Å²) in [5, 5.41) is 5.78. The van der Waals surface area contributed by atoms with E-state index in [9.17, 15) is 0 Å². The fourth-order valence-electron chi connectivity index (χ4n) is 2.37. The van der Waals surface area contributed by atoms with Crippen LogP contribution in [0, 0.1) is 11.8 Å². The highest BCUT2D eigenvalue weighted by atomic mass is 32.1. The van der Waals surface area contributed by atoms with Crippen LogP contribution in [0.1, 0.15) is 45.5 Å². The summed E-state index contributed by atoms with van der Waals surface area (Å²) in [6, 6.07) is 4.81. The number of hydrogen-bond donors (Lipinski definition) is 1. The third-order valence-corrected chi connectivity index (χ3v) is 4.15. The first kappa shape index (κ1) is 16.7.